The van der Waals surface area contributed by atoms with Crippen molar-refractivity contribution >= 4 is 14.0 Å². The van der Waals surface area contributed by atoms with Gasteiger partial charge in [0, 0.05) is 25.0 Å². The Bertz CT molecular complexity index is 377. The highest BCUT2D eigenvalue weighted by Crippen LogP contribution is 2.15. The lowest BCUT2D eigenvalue weighted by molar-refractivity contribution is 0.0859. The molecule has 22 heavy (non-hydrogen) atoms. The van der Waals surface area contributed by atoms with Gasteiger partial charge in [-0.2, -0.15) is 0 Å². The standard InChI is InChI=1S/C17H30O4Si/c1-5-9-10-15-18-16-11-13-17(14-12-16)22(19-6-2,20-7-3)21-8-4/h11-14H,5-10,15H2,1-4H3. The molecule has 4 nitrogen and oxygen atoms in total. The Labute approximate surface area is 136 Å². The van der Waals surface area contributed by atoms with Gasteiger partial charge in [0.05, 0.1) is 6.61 Å². The summed E-state index contributed by atoms with van der Waals surface area (Å²) in [6, 6.07) is 7.95. The minimum Gasteiger partial charge on any atom is -0.494 e. The maximum Gasteiger partial charge on any atom is 0.537 e. The SMILES string of the molecule is CCCCCOc1ccc([Si](OCC)(OCC)OCC)cc1. The maximum absolute atomic E-state index is 5.90. The van der Waals surface area contributed by atoms with Crippen LogP contribution in [0.1, 0.15) is 47.0 Å². The third-order valence-corrected chi connectivity index (χ3v) is 6.27. The number of hydrogen-bond acceptors (Lipinski definition) is 4. The summed E-state index contributed by atoms with van der Waals surface area (Å²) in [7, 11) is -2.79. The minimum absolute atomic E-state index is 0.571. The normalized spacial score (nSPS) is 11.6. The fourth-order valence-corrected chi connectivity index (χ4v) is 4.71. The van der Waals surface area contributed by atoms with E-state index < -0.39 is 8.80 Å². The Morgan fingerprint density at radius 1 is 0.773 bits per heavy atom. The zero-order valence-electron chi connectivity index (χ0n) is 14.4. The molecular weight excluding hydrogens is 296 g/mol. The van der Waals surface area contributed by atoms with Crippen LogP contribution in [0, 0.1) is 0 Å². The molecule has 0 aliphatic rings. The van der Waals surface area contributed by atoms with E-state index in [0.29, 0.717) is 19.8 Å². The molecule has 0 heterocycles. The Balaban J connectivity index is 2.78. The first-order chi connectivity index (χ1) is 10.7. The van der Waals surface area contributed by atoms with E-state index in [1.54, 1.807) is 0 Å². The lowest BCUT2D eigenvalue weighted by atomic mass is 10.3. The van der Waals surface area contributed by atoms with Gasteiger partial charge < -0.3 is 18.0 Å². The predicted octanol–water partition coefficient (Wildman–Crippen LogP) is 3.51. The van der Waals surface area contributed by atoms with Crippen LogP contribution >= 0.6 is 0 Å². The van der Waals surface area contributed by atoms with Gasteiger partial charge in [-0.25, -0.2) is 0 Å². The lowest BCUT2D eigenvalue weighted by Crippen LogP contribution is -2.56. The number of ether oxygens (including phenoxy) is 1. The van der Waals surface area contributed by atoms with E-state index in [0.717, 1.165) is 24.0 Å². The first kappa shape index (κ1) is 19.2. The number of unbranched alkanes of at least 4 members (excludes halogenated alkanes) is 2. The van der Waals surface area contributed by atoms with Crippen LogP contribution in [0.5, 0.6) is 5.75 Å². The van der Waals surface area contributed by atoms with Crippen LogP contribution in [0.3, 0.4) is 0 Å². The summed E-state index contributed by atoms with van der Waals surface area (Å²) in [6.07, 6.45) is 3.49. The molecular formula is C17H30O4Si. The van der Waals surface area contributed by atoms with E-state index in [-0.39, 0.29) is 0 Å². The van der Waals surface area contributed by atoms with Gasteiger partial charge in [-0.1, -0.05) is 31.9 Å². The van der Waals surface area contributed by atoms with Crippen LogP contribution in [-0.4, -0.2) is 35.2 Å². The summed E-state index contributed by atoms with van der Waals surface area (Å²) in [5.74, 6) is 0.882. The molecule has 0 spiro atoms. The maximum atomic E-state index is 5.90. The average Bonchev–Trinajstić information content (AvgIpc) is 2.53. The Kier molecular flexibility index (Phi) is 9.39. The second kappa shape index (κ2) is 10.8. The second-order valence-electron chi connectivity index (χ2n) is 4.94. The van der Waals surface area contributed by atoms with Gasteiger partial charge in [0.1, 0.15) is 5.75 Å². The Morgan fingerprint density at radius 2 is 1.32 bits per heavy atom. The third kappa shape index (κ3) is 5.72. The van der Waals surface area contributed by atoms with E-state index >= 15 is 0 Å². The molecule has 0 amide bonds. The van der Waals surface area contributed by atoms with Crippen LogP contribution in [0.4, 0.5) is 0 Å². The first-order valence-electron chi connectivity index (χ1n) is 8.37. The molecule has 0 aliphatic carbocycles. The van der Waals surface area contributed by atoms with E-state index in [4.69, 9.17) is 18.0 Å². The molecule has 0 aliphatic heterocycles. The van der Waals surface area contributed by atoms with Crippen molar-refractivity contribution in [1.29, 1.82) is 0 Å². The molecule has 0 unspecified atom stereocenters. The highest BCUT2D eigenvalue weighted by atomic mass is 28.4. The summed E-state index contributed by atoms with van der Waals surface area (Å²) >= 11 is 0. The molecule has 1 aromatic carbocycles. The van der Waals surface area contributed by atoms with Crippen LogP contribution < -0.4 is 9.92 Å². The van der Waals surface area contributed by atoms with Crippen molar-refractivity contribution in [3.63, 3.8) is 0 Å². The Morgan fingerprint density at radius 3 is 1.77 bits per heavy atom. The summed E-state index contributed by atoms with van der Waals surface area (Å²) in [6.45, 7) is 10.6. The molecule has 0 saturated heterocycles. The molecule has 126 valence electrons. The van der Waals surface area contributed by atoms with Crippen LogP contribution in [-0.2, 0) is 13.3 Å². The lowest BCUT2D eigenvalue weighted by Gasteiger charge is -2.28. The van der Waals surface area contributed by atoms with Gasteiger partial charge in [-0.05, 0) is 39.3 Å². The number of benzene rings is 1. The molecule has 1 aromatic rings. The highest BCUT2D eigenvalue weighted by molar-refractivity contribution is 6.75. The molecule has 5 heteroatoms. The smallest absolute Gasteiger partial charge is 0.494 e. The van der Waals surface area contributed by atoms with Gasteiger partial charge >= 0.3 is 8.80 Å². The molecule has 0 fully saturated rings. The highest BCUT2D eigenvalue weighted by Gasteiger charge is 2.43. The van der Waals surface area contributed by atoms with E-state index in [1.165, 1.54) is 12.8 Å². The molecule has 0 bridgehead atoms. The first-order valence-corrected chi connectivity index (χ1v) is 10.1. The van der Waals surface area contributed by atoms with E-state index in [9.17, 15) is 0 Å². The van der Waals surface area contributed by atoms with E-state index in [1.807, 2.05) is 45.0 Å². The van der Waals surface area contributed by atoms with E-state index in [2.05, 4.69) is 6.92 Å². The monoisotopic (exact) mass is 326 g/mol. The van der Waals surface area contributed by atoms with Gasteiger partial charge in [-0.15, -0.1) is 0 Å². The van der Waals surface area contributed by atoms with Crippen LogP contribution in [0.2, 0.25) is 0 Å². The fraction of sp³-hybridized carbons (Fsp3) is 0.647. The summed E-state index contributed by atoms with van der Waals surface area (Å²) in [4.78, 5) is 0. The van der Waals surface area contributed by atoms with Crippen molar-refractivity contribution in [2.24, 2.45) is 0 Å². The molecule has 1 rings (SSSR count). The predicted molar refractivity (Wildman–Crippen MR) is 91.7 cm³/mol. The molecule has 0 atom stereocenters. The van der Waals surface area contributed by atoms with Crippen molar-refractivity contribution in [3.8, 4) is 5.75 Å². The average molecular weight is 327 g/mol. The minimum atomic E-state index is -2.79. The zero-order chi connectivity index (χ0) is 16.3. The Hall–Kier alpha value is -0.883. The van der Waals surface area contributed by atoms with Crippen molar-refractivity contribution in [1.82, 2.24) is 0 Å². The fourth-order valence-electron chi connectivity index (χ4n) is 2.24. The van der Waals surface area contributed by atoms with Gasteiger partial charge in [0.2, 0.25) is 0 Å². The summed E-state index contributed by atoms with van der Waals surface area (Å²) in [5, 5.41) is 0.985. The van der Waals surface area contributed by atoms with Gasteiger partial charge in [-0.3, -0.25) is 0 Å². The van der Waals surface area contributed by atoms with Crippen molar-refractivity contribution in [3.05, 3.63) is 24.3 Å². The number of hydrogen-bond donors (Lipinski definition) is 0. The van der Waals surface area contributed by atoms with Gasteiger partial charge in [0.15, 0.2) is 0 Å². The molecule has 0 aromatic heterocycles. The molecule has 0 N–H and O–H groups in total. The molecule has 0 radical (unpaired) electrons. The second-order valence-corrected chi connectivity index (χ2v) is 7.49. The zero-order valence-corrected chi connectivity index (χ0v) is 15.4. The third-order valence-electron chi connectivity index (χ3n) is 3.23. The van der Waals surface area contributed by atoms with Gasteiger partial charge in [0.25, 0.3) is 0 Å². The van der Waals surface area contributed by atoms with Crippen molar-refractivity contribution in [2.75, 3.05) is 26.4 Å². The van der Waals surface area contributed by atoms with Crippen LogP contribution in [0.15, 0.2) is 24.3 Å². The quantitative estimate of drug-likeness (QED) is 0.435. The largest absolute Gasteiger partial charge is 0.537 e. The molecule has 0 saturated carbocycles. The summed E-state index contributed by atoms with van der Waals surface area (Å²) < 4.78 is 23.5. The summed E-state index contributed by atoms with van der Waals surface area (Å²) in [5.41, 5.74) is 0. The van der Waals surface area contributed by atoms with Crippen LogP contribution in [0.25, 0.3) is 0 Å². The number of rotatable bonds is 12. The topological polar surface area (TPSA) is 36.9 Å². The van der Waals surface area contributed by atoms with Crippen molar-refractivity contribution in [2.45, 2.75) is 47.0 Å². The van der Waals surface area contributed by atoms with Crippen molar-refractivity contribution < 1.29 is 18.0 Å².